The Morgan fingerprint density at radius 1 is 1.03 bits per heavy atom. The summed E-state index contributed by atoms with van der Waals surface area (Å²) in [5, 5.41) is 5.96. The normalized spacial score (nSPS) is 17.2. The number of nitrogens with zero attached hydrogens (tertiary/aromatic N) is 3. The molecule has 0 saturated carbocycles. The number of carbonyl (C=O) groups is 3. The maximum atomic E-state index is 13.1. The lowest BCUT2D eigenvalue weighted by Gasteiger charge is -2.31. The minimum Gasteiger partial charge on any atom is -0.369 e. The van der Waals surface area contributed by atoms with Crippen LogP contribution >= 0.6 is 11.3 Å². The number of anilines is 1. The first-order valence-electron chi connectivity index (χ1n) is 11.0. The van der Waals surface area contributed by atoms with Crippen LogP contribution in [-0.2, 0) is 14.4 Å². The van der Waals surface area contributed by atoms with Gasteiger partial charge in [-0.3, -0.25) is 19.7 Å². The highest BCUT2D eigenvalue weighted by molar-refractivity contribution is 7.16. The van der Waals surface area contributed by atoms with E-state index in [-0.39, 0.29) is 17.4 Å². The number of hydrogen-bond acceptors (Lipinski definition) is 7. The molecule has 0 atom stereocenters. The summed E-state index contributed by atoms with van der Waals surface area (Å²) < 4.78 is 0. The summed E-state index contributed by atoms with van der Waals surface area (Å²) in [4.78, 5) is 53.3. The van der Waals surface area contributed by atoms with Crippen LogP contribution in [0, 0.1) is 5.92 Å². The van der Waals surface area contributed by atoms with Crippen LogP contribution in [0.5, 0.6) is 0 Å². The maximum Gasteiger partial charge on any atom is 0.261 e. The molecule has 3 aromatic heterocycles. The van der Waals surface area contributed by atoms with Gasteiger partial charge in [-0.2, -0.15) is 0 Å². The first-order valence-corrected chi connectivity index (χ1v) is 11.9. The van der Waals surface area contributed by atoms with Crippen LogP contribution in [0.15, 0.2) is 41.9 Å². The maximum absolute atomic E-state index is 13.1. The van der Waals surface area contributed by atoms with Gasteiger partial charge in [-0.15, -0.1) is 11.3 Å². The third kappa shape index (κ3) is 3.18. The summed E-state index contributed by atoms with van der Waals surface area (Å²) in [7, 11) is 0. The molecule has 6 rings (SSSR count). The smallest absolute Gasteiger partial charge is 0.261 e. The van der Waals surface area contributed by atoms with Crippen molar-refractivity contribution in [2.75, 3.05) is 18.0 Å². The Morgan fingerprint density at radius 3 is 2.59 bits per heavy atom. The number of thiophene rings is 1. The third-order valence-electron chi connectivity index (χ3n) is 6.51. The number of imide groups is 1. The van der Waals surface area contributed by atoms with Crippen LogP contribution in [0.3, 0.4) is 0 Å². The molecule has 4 N–H and O–H groups in total. The summed E-state index contributed by atoms with van der Waals surface area (Å²) >= 11 is 1.53. The Labute approximate surface area is 197 Å². The highest BCUT2D eigenvalue weighted by atomic mass is 32.1. The number of aromatic nitrogens is 3. The van der Waals surface area contributed by atoms with Crippen molar-refractivity contribution in [2.45, 2.75) is 12.8 Å². The van der Waals surface area contributed by atoms with E-state index in [1.165, 1.54) is 11.3 Å². The van der Waals surface area contributed by atoms with Crippen LogP contribution in [0.4, 0.5) is 5.95 Å². The van der Waals surface area contributed by atoms with E-state index in [1.54, 1.807) is 6.20 Å². The van der Waals surface area contributed by atoms with Crippen LogP contribution in [0.1, 0.15) is 24.1 Å². The number of fused-ring (bicyclic) bond motifs is 2. The quantitative estimate of drug-likeness (QED) is 0.391. The Bertz CT molecular complexity index is 1530. The van der Waals surface area contributed by atoms with E-state index in [4.69, 9.17) is 15.7 Å². The summed E-state index contributed by atoms with van der Waals surface area (Å²) in [5.74, 6) is -0.914. The molecule has 10 heteroatoms. The Balaban J connectivity index is 1.54. The Morgan fingerprint density at radius 2 is 1.79 bits per heavy atom. The lowest BCUT2D eigenvalue weighted by atomic mass is 9.96. The van der Waals surface area contributed by atoms with E-state index >= 15 is 0 Å². The van der Waals surface area contributed by atoms with Gasteiger partial charge in [0.25, 0.3) is 11.8 Å². The zero-order chi connectivity index (χ0) is 23.4. The number of primary amides is 1. The van der Waals surface area contributed by atoms with E-state index in [9.17, 15) is 14.4 Å². The molecule has 0 unspecified atom stereocenters. The van der Waals surface area contributed by atoms with Crippen molar-refractivity contribution in [3.05, 3.63) is 53.2 Å². The molecule has 3 amide bonds. The zero-order valence-electron chi connectivity index (χ0n) is 18.0. The van der Waals surface area contributed by atoms with Crippen molar-refractivity contribution in [2.24, 2.45) is 11.7 Å². The molecule has 1 saturated heterocycles. The molecule has 2 aliphatic rings. The molecule has 0 bridgehead atoms. The molecule has 170 valence electrons. The first kappa shape index (κ1) is 20.5. The van der Waals surface area contributed by atoms with Crippen LogP contribution < -0.4 is 16.0 Å². The molecule has 2 aliphatic heterocycles. The van der Waals surface area contributed by atoms with E-state index in [1.807, 2.05) is 40.6 Å². The fourth-order valence-electron chi connectivity index (χ4n) is 4.75. The van der Waals surface area contributed by atoms with Gasteiger partial charge in [-0.05, 0) is 30.4 Å². The van der Waals surface area contributed by atoms with Gasteiger partial charge in [0, 0.05) is 41.5 Å². The molecule has 5 heterocycles. The number of rotatable bonds is 4. The van der Waals surface area contributed by atoms with Gasteiger partial charge in [0.15, 0.2) is 0 Å². The van der Waals surface area contributed by atoms with Gasteiger partial charge in [-0.25, -0.2) is 9.97 Å². The van der Waals surface area contributed by atoms with Crippen LogP contribution in [-0.4, -0.2) is 45.8 Å². The molecule has 9 nitrogen and oxygen atoms in total. The predicted molar refractivity (Wildman–Crippen MR) is 130 cm³/mol. The van der Waals surface area contributed by atoms with Gasteiger partial charge < -0.3 is 15.6 Å². The number of H-pyrrole nitrogens is 1. The van der Waals surface area contributed by atoms with E-state index in [0.717, 1.165) is 10.2 Å². The standard InChI is InChI=1S/C24H20N6O3S/c25-20(31)12-5-8-30(9-6-12)24-27-16-4-2-1-3-14(16)19(28-24)18-17(21(32)29-22(18)33)15-11-26-23-13(15)7-10-34-23/h1-4,7,10-12,26H,5-6,8-9H2,(H2,25,31)(H,29,32,33). The van der Waals surface area contributed by atoms with E-state index in [2.05, 4.69) is 10.3 Å². The zero-order valence-corrected chi connectivity index (χ0v) is 18.8. The first-order chi connectivity index (χ1) is 16.5. The van der Waals surface area contributed by atoms with Crippen molar-refractivity contribution in [3.8, 4) is 0 Å². The molecule has 0 aliphatic carbocycles. The Kier molecular flexibility index (Phi) is 4.70. The minimum absolute atomic E-state index is 0.162. The molecule has 4 aromatic rings. The monoisotopic (exact) mass is 472 g/mol. The van der Waals surface area contributed by atoms with Gasteiger partial charge in [-0.1, -0.05) is 18.2 Å². The number of carbonyl (C=O) groups excluding carboxylic acids is 3. The second kappa shape index (κ2) is 7.77. The molecule has 0 spiro atoms. The van der Waals surface area contributed by atoms with Gasteiger partial charge in [0.2, 0.25) is 11.9 Å². The summed E-state index contributed by atoms with van der Waals surface area (Å²) in [6, 6.07) is 9.38. The van der Waals surface area contributed by atoms with Crippen molar-refractivity contribution in [1.82, 2.24) is 20.3 Å². The van der Waals surface area contributed by atoms with Gasteiger partial charge >= 0.3 is 0 Å². The van der Waals surface area contributed by atoms with Crippen molar-refractivity contribution in [3.63, 3.8) is 0 Å². The van der Waals surface area contributed by atoms with E-state index in [0.29, 0.717) is 59.6 Å². The van der Waals surface area contributed by atoms with Gasteiger partial charge in [0.05, 0.1) is 22.4 Å². The number of para-hydroxylation sites is 1. The molecule has 0 radical (unpaired) electrons. The topological polar surface area (TPSA) is 134 Å². The summed E-state index contributed by atoms with van der Waals surface area (Å²) in [6.45, 7) is 1.16. The van der Waals surface area contributed by atoms with Crippen LogP contribution in [0.25, 0.3) is 32.3 Å². The fraction of sp³-hybridized carbons (Fsp3) is 0.208. The van der Waals surface area contributed by atoms with Crippen LogP contribution in [0.2, 0.25) is 0 Å². The minimum atomic E-state index is -0.480. The fourth-order valence-corrected chi connectivity index (χ4v) is 5.53. The highest BCUT2D eigenvalue weighted by Crippen LogP contribution is 2.38. The molecule has 1 aromatic carbocycles. The number of benzene rings is 1. The molecular formula is C24H20N6O3S. The van der Waals surface area contributed by atoms with Crippen molar-refractivity contribution < 1.29 is 14.4 Å². The average Bonchev–Trinajstić information content (AvgIpc) is 3.53. The number of piperidine rings is 1. The number of hydrogen-bond donors (Lipinski definition) is 3. The lowest BCUT2D eigenvalue weighted by Crippen LogP contribution is -2.39. The van der Waals surface area contributed by atoms with Crippen molar-refractivity contribution >= 4 is 67.3 Å². The summed E-state index contributed by atoms with van der Waals surface area (Å²) in [6.07, 6.45) is 2.99. The largest absolute Gasteiger partial charge is 0.369 e. The molecule has 34 heavy (non-hydrogen) atoms. The molecule has 1 fully saturated rings. The van der Waals surface area contributed by atoms with Gasteiger partial charge in [0.1, 0.15) is 4.83 Å². The van der Waals surface area contributed by atoms with E-state index < -0.39 is 11.8 Å². The Hall–Kier alpha value is -4.05. The number of nitrogens with one attached hydrogen (secondary N) is 2. The van der Waals surface area contributed by atoms with Crippen molar-refractivity contribution in [1.29, 1.82) is 0 Å². The average molecular weight is 473 g/mol. The summed E-state index contributed by atoms with van der Waals surface area (Å²) in [5.41, 5.74) is 7.78. The SMILES string of the molecule is NC(=O)C1CCN(c2nc(C3=C(c4c[nH]c5sccc45)C(=O)NC3=O)c3ccccc3n2)CC1. The predicted octanol–water partition coefficient (Wildman–Crippen LogP) is 2.44. The number of amides is 3. The lowest BCUT2D eigenvalue weighted by molar-refractivity contribution is -0.123. The second-order valence-corrected chi connectivity index (χ2v) is 9.37. The molecular weight excluding hydrogens is 452 g/mol. The third-order valence-corrected chi connectivity index (χ3v) is 7.36. The number of nitrogens with two attached hydrogens (primary N) is 1. The highest BCUT2D eigenvalue weighted by Gasteiger charge is 2.36. The second-order valence-electron chi connectivity index (χ2n) is 8.45. The number of aromatic amines is 1.